The van der Waals surface area contributed by atoms with E-state index in [9.17, 15) is 9.59 Å². The van der Waals surface area contributed by atoms with Crippen molar-refractivity contribution >= 4 is 34.3 Å². The number of imide groups is 1. The van der Waals surface area contributed by atoms with E-state index in [-0.39, 0.29) is 18.4 Å². The van der Waals surface area contributed by atoms with Crippen molar-refractivity contribution in [2.24, 2.45) is 0 Å². The highest BCUT2D eigenvalue weighted by Gasteiger charge is 2.33. The summed E-state index contributed by atoms with van der Waals surface area (Å²) in [5.41, 5.74) is 1.95. The second kappa shape index (κ2) is 7.50. The van der Waals surface area contributed by atoms with Gasteiger partial charge in [0.2, 0.25) is 0 Å². The third-order valence-electron chi connectivity index (χ3n) is 4.62. The molecule has 0 bridgehead atoms. The van der Waals surface area contributed by atoms with Gasteiger partial charge in [-0.15, -0.1) is 11.8 Å². The Labute approximate surface area is 161 Å². The summed E-state index contributed by atoms with van der Waals surface area (Å²) in [6, 6.07) is 14.8. The van der Waals surface area contributed by atoms with Crippen molar-refractivity contribution in [2.75, 3.05) is 18.9 Å². The molecular formula is C21H18N2O3S. The number of benzene rings is 2. The zero-order chi connectivity index (χ0) is 18.8. The first-order valence-corrected chi connectivity index (χ1v) is 9.75. The zero-order valence-electron chi connectivity index (χ0n) is 14.6. The summed E-state index contributed by atoms with van der Waals surface area (Å²) in [7, 11) is 0. The number of aromatic nitrogens is 1. The Morgan fingerprint density at radius 2 is 1.78 bits per heavy atom. The summed E-state index contributed by atoms with van der Waals surface area (Å²) in [5, 5.41) is 10.7. The molecule has 27 heavy (non-hydrogen) atoms. The summed E-state index contributed by atoms with van der Waals surface area (Å²) in [5.74, 6) is 0.0354. The number of hydrogen-bond donors (Lipinski definition) is 1. The molecule has 1 N–H and O–H groups in total. The molecule has 136 valence electrons. The van der Waals surface area contributed by atoms with E-state index in [1.54, 1.807) is 18.3 Å². The topological polar surface area (TPSA) is 70.5 Å². The van der Waals surface area contributed by atoms with Gasteiger partial charge in [-0.05, 0) is 35.7 Å². The highest BCUT2D eigenvalue weighted by Crippen LogP contribution is 2.36. The van der Waals surface area contributed by atoms with Crippen LogP contribution >= 0.6 is 11.8 Å². The predicted molar refractivity (Wildman–Crippen MR) is 105 cm³/mol. The van der Waals surface area contributed by atoms with E-state index in [4.69, 9.17) is 5.11 Å². The Kier molecular flexibility index (Phi) is 4.92. The van der Waals surface area contributed by atoms with Gasteiger partial charge in [-0.1, -0.05) is 18.2 Å². The van der Waals surface area contributed by atoms with E-state index in [0.717, 1.165) is 16.0 Å². The number of amides is 2. The quantitative estimate of drug-likeness (QED) is 0.527. The zero-order valence-corrected chi connectivity index (χ0v) is 15.4. The molecular weight excluding hydrogens is 360 g/mol. The van der Waals surface area contributed by atoms with Gasteiger partial charge in [0, 0.05) is 52.0 Å². The highest BCUT2D eigenvalue weighted by atomic mass is 32.2. The summed E-state index contributed by atoms with van der Waals surface area (Å²) >= 11 is 1.52. The smallest absolute Gasteiger partial charge is 0.261 e. The fourth-order valence-electron chi connectivity index (χ4n) is 3.38. The van der Waals surface area contributed by atoms with Gasteiger partial charge in [0.05, 0.1) is 6.61 Å². The Morgan fingerprint density at radius 1 is 0.963 bits per heavy atom. The van der Waals surface area contributed by atoms with Gasteiger partial charge in [-0.25, -0.2) is 0 Å². The largest absolute Gasteiger partial charge is 0.396 e. The van der Waals surface area contributed by atoms with Crippen LogP contribution in [0.5, 0.6) is 0 Å². The molecule has 1 aromatic heterocycles. The molecule has 0 atom stereocenters. The van der Waals surface area contributed by atoms with Crippen LogP contribution in [0.15, 0.2) is 59.6 Å². The Bertz CT molecular complexity index is 998. The van der Waals surface area contributed by atoms with Crippen molar-refractivity contribution in [1.82, 2.24) is 9.88 Å². The molecule has 1 aliphatic rings. The van der Waals surface area contributed by atoms with E-state index >= 15 is 0 Å². The molecule has 1 aliphatic heterocycles. The van der Waals surface area contributed by atoms with Crippen LogP contribution < -0.4 is 0 Å². The molecule has 0 fully saturated rings. The molecule has 0 unspecified atom stereocenters. The molecule has 5 nitrogen and oxygen atoms in total. The molecule has 0 aliphatic carbocycles. The second-order valence-electron chi connectivity index (χ2n) is 6.24. The van der Waals surface area contributed by atoms with Gasteiger partial charge in [0.15, 0.2) is 0 Å². The molecule has 2 amide bonds. The molecule has 2 heterocycles. The highest BCUT2D eigenvalue weighted by molar-refractivity contribution is 7.99. The van der Waals surface area contributed by atoms with Gasteiger partial charge in [-0.3, -0.25) is 19.5 Å². The molecule has 0 saturated carbocycles. The summed E-state index contributed by atoms with van der Waals surface area (Å²) in [6.45, 7) is 0.373. The SMILES string of the molecule is O=C1c2cccc3c(SCCO)ccc(c23)C(=O)N1CCc1ccccn1. The molecule has 3 aromatic rings. The number of thioether (sulfide) groups is 1. The fraction of sp³-hybridized carbons (Fsp3) is 0.190. The number of nitrogens with zero attached hydrogens (tertiary/aromatic N) is 2. The van der Waals surface area contributed by atoms with Gasteiger partial charge in [-0.2, -0.15) is 0 Å². The lowest BCUT2D eigenvalue weighted by Crippen LogP contribution is -2.41. The third kappa shape index (κ3) is 3.22. The Morgan fingerprint density at radius 3 is 2.52 bits per heavy atom. The van der Waals surface area contributed by atoms with E-state index in [0.29, 0.717) is 35.2 Å². The second-order valence-corrected chi connectivity index (χ2v) is 7.38. The number of hydrogen-bond acceptors (Lipinski definition) is 5. The van der Waals surface area contributed by atoms with Crippen molar-refractivity contribution in [3.8, 4) is 0 Å². The fourth-order valence-corrected chi connectivity index (χ4v) is 4.18. The van der Waals surface area contributed by atoms with Crippen LogP contribution in [0.2, 0.25) is 0 Å². The normalized spacial score (nSPS) is 13.4. The van der Waals surface area contributed by atoms with Crippen LogP contribution in [0.4, 0.5) is 0 Å². The molecule has 4 rings (SSSR count). The van der Waals surface area contributed by atoms with Crippen molar-refractivity contribution in [3.05, 3.63) is 71.5 Å². The minimum absolute atomic E-state index is 0.0762. The lowest BCUT2D eigenvalue weighted by molar-refractivity contribution is 0.0612. The maximum atomic E-state index is 13.0. The summed E-state index contributed by atoms with van der Waals surface area (Å²) < 4.78 is 0. The first-order chi connectivity index (χ1) is 13.2. The monoisotopic (exact) mass is 378 g/mol. The van der Waals surface area contributed by atoms with E-state index in [1.807, 2.05) is 36.4 Å². The van der Waals surface area contributed by atoms with E-state index < -0.39 is 0 Å². The number of pyridine rings is 1. The first-order valence-electron chi connectivity index (χ1n) is 8.76. The molecule has 0 saturated heterocycles. The van der Waals surface area contributed by atoms with Gasteiger partial charge < -0.3 is 5.11 Å². The van der Waals surface area contributed by atoms with Gasteiger partial charge in [0.25, 0.3) is 11.8 Å². The molecule has 6 heteroatoms. The first kappa shape index (κ1) is 17.7. The number of aliphatic hydroxyl groups is 1. The molecule has 2 aromatic carbocycles. The number of carbonyl (C=O) groups excluding carboxylic acids is 2. The van der Waals surface area contributed by atoms with Crippen molar-refractivity contribution < 1.29 is 14.7 Å². The molecule has 0 spiro atoms. The summed E-state index contributed by atoms with van der Waals surface area (Å²) in [6.07, 6.45) is 2.23. The minimum Gasteiger partial charge on any atom is -0.396 e. The maximum Gasteiger partial charge on any atom is 0.261 e. The number of rotatable bonds is 6. The van der Waals surface area contributed by atoms with Gasteiger partial charge >= 0.3 is 0 Å². The average molecular weight is 378 g/mol. The maximum absolute atomic E-state index is 13.0. The Hall–Kier alpha value is -2.70. The predicted octanol–water partition coefficient (Wildman–Crippen LogP) is 3.16. The van der Waals surface area contributed by atoms with Crippen LogP contribution in [0.3, 0.4) is 0 Å². The average Bonchev–Trinajstić information content (AvgIpc) is 2.71. The molecule has 0 radical (unpaired) electrons. The van der Waals surface area contributed by atoms with Crippen LogP contribution in [-0.2, 0) is 6.42 Å². The van der Waals surface area contributed by atoms with Crippen molar-refractivity contribution in [3.63, 3.8) is 0 Å². The standard InChI is InChI=1S/C21H18N2O3S/c24-12-13-27-18-8-7-17-19-15(18)5-3-6-16(19)20(25)23(21(17)26)11-9-14-4-1-2-10-22-14/h1-8,10,24H,9,11-13H2. The third-order valence-corrected chi connectivity index (χ3v) is 5.67. The van der Waals surface area contributed by atoms with Crippen LogP contribution in [0.1, 0.15) is 26.4 Å². The lowest BCUT2D eigenvalue weighted by atomic mass is 9.94. The Balaban J connectivity index is 1.70. The van der Waals surface area contributed by atoms with Crippen LogP contribution in [-0.4, -0.2) is 45.7 Å². The van der Waals surface area contributed by atoms with Crippen LogP contribution in [0.25, 0.3) is 10.8 Å². The van der Waals surface area contributed by atoms with E-state index in [2.05, 4.69) is 4.98 Å². The van der Waals surface area contributed by atoms with Crippen LogP contribution in [0, 0.1) is 0 Å². The van der Waals surface area contributed by atoms with Crippen molar-refractivity contribution in [1.29, 1.82) is 0 Å². The van der Waals surface area contributed by atoms with Gasteiger partial charge in [0.1, 0.15) is 0 Å². The number of carbonyl (C=O) groups is 2. The summed E-state index contributed by atoms with van der Waals surface area (Å²) in [4.78, 5) is 32.5. The lowest BCUT2D eigenvalue weighted by Gasteiger charge is -2.27. The van der Waals surface area contributed by atoms with E-state index in [1.165, 1.54) is 16.7 Å². The number of aliphatic hydroxyl groups excluding tert-OH is 1. The minimum atomic E-state index is -0.265. The van der Waals surface area contributed by atoms with Crippen molar-refractivity contribution in [2.45, 2.75) is 11.3 Å².